The largest absolute Gasteiger partial charge is 0.477 e. The molecule has 27 heavy (non-hydrogen) atoms. The van der Waals surface area contributed by atoms with Crippen molar-refractivity contribution in [3.63, 3.8) is 0 Å². The van der Waals surface area contributed by atoms with Crippen LogP contribution in [0.4, 0.5) is 10.1 Å². The number of benzene rings is 1. The van der Waals surface area contributed by atoms with Gasteiger partial charge in [0.25, 0.3) is 0 Å². The number of nitrogens with two attached hydrogens (primary N) is 1. The van der Waals surface area contributed by atoms with Crippen LogP contribution in [-0.4, -0.2) is 41.4 Å². The molecule has 1 aliphatic heterocycles. The Morgan fingerprint density at radius 1 is 1.44 bits per heavy atom. The van der Waals surface area contributed by atoms with Crippen molar-refractivity contribution in [2.24, 2.45) is 5.73 Å². The summed E-state index contributed by atoms with van der Waals surface area (Å²) in [5.41, 5.74) is 5.58. The first-order chi connectivity index (χ1) is 12.8. The monoisotopic (exact) mass is 394 g/mol. The number of fused-ring (bicyclic) bond motifs is 1. The van der Waals surface area contributed by atoms with Gasteiger partial charge in [0.2, 0.25) is 5.43 Å². The topological polar surface area (TPSA) is 101 Å². The van der Waals surface area contributed by atoms with Crippen LogP contribution in [0.1, 0.15) is 34.8 Å². The number of rotatable bonds is 3. The number of aryl methyl sites for hydroxylation is 1. The SMILES string of the molecule is Cc1c(F)c(N2CCNC(N)C2)c(Cl)c2c1c(=O)c(C(=O)O)cn2C1CC1. The highest BCUT2D eigenvalue weighted by molar-refractivity contribution is 6.38. The minimum absolute atomic E-state index is 0.0347. The number of pyridine rings is 1. The van der Waals surface area contributed by atoms with Gasteiger partial charge in [0, 0.05) is 37.4 Å². The number of anilines is 1. The second kappa shape index (κ2) is 6.47. The Hall–Kier alpha value is -2.16. The van der Waals surface area contributed by atoms with E-state index in [-0.39, 0.29) is 39.4 Å². The van der Waals surface area contributed by atoms with E-state index in [9.17, 15) is 14.7 Å². The van der Waals surface area contributed by atoms with E-state index < -0.39 is 17.2 Å². The molecular formula is C18H20ClFN4O3. The summed E-state index contributed by atoms with van der Waals surface area (Å²) in [5.74, 6) is -1.94. The average Bonchev–Trinajstić information content (AvgIpc) is 3.44. The maximum absolute atomic E-state index is 15.3. The molecule has 2 aliphatic rings. The number of nitrogens with one attached hydrogen (secondary N) is 1. The lowest BCUT2D eigenvalue weighted by Gasteiger charge is -2.35. The highest BCUT2D eigenvalue weighted by atomic mass is 35.5. The van der Waals surface area contributed by atoms with E-state index in [0.717, 1.165) is 12.8 Å². The summed E-state index contributed by atoms with van der Waals surface area (Å²) >= 11 is 6.63. The summed E-state index contributed by atoms with van der Waals surface area (Å²) in [4.78, 5) is 26.1. The number of piperazine rings is 1. The Kier molecular flexibility index (Phi) is 4.37. The molecule has 1 saturated carbocycles. The van der Waals surface area contributed by atoms with Crippen molar-refractivity contribution in [1.82, 2.24) is 9.88 Å². The molecule has 2 aromatic rings. The predicted molar refractivity (Wildman–Crippen MR) is 101 cm³/mol. The van der Waals surface area contributed by atoms with E-state index in [0.29, 0.717) is 25.2 Å². The van der Waals surface area contributed by atoms with Crippen LogP contribution in [0.25, 0.3) is 10.9 Å². The summed E-state index contributed by atoms with van der Waals surface area (Å²) in [5, 5.41) is 12.7. The van der Waals surface area contributed by atoms with Crippen molar-refractivity contribution in [3.8, 4) is 0 Å². The van der Waals surface area contributed by atoms with Gasteiger partial charge in [-0.05, 0) is 19.8 Å². The predicted octanol–water partition coefficient (Wildman–Crippen LogP) is 1.83. The molecule has 1 aromatic carbocycles. The van der Waals surface area contributed by atoms with E-state index in [1.165, 1.54) is 13.1 Å². The van der Waals surface area contributed by atoms with Crippen LogP contribution in [0.2, 0.25) is 5.02 Å². The summed E-state index contributed by atoms with van der Waals surface area (Å²) in [6.07, 6.45) is 2.74. The fourth-order valence-corrected chi connectivity index (χ4v) is 4.15. The minimum Gasteiger partial charge on any atom is -0.477 e. The molecule has 1 aromatic heterocycles. The Balaban J connectivity index is 2.06. The second-order valence-corrected chi connectivity index (χ2v) is 7.53. The quantitative estimate of drug-likeness (QED) is 0.734. The fraction of sp³-hybridized carbons (Fsp3) is 0.444. The third-order valence-electron chi connectivity index (χ3n) is 5.26. The number of halogens is 2. The van der Waals surface area contributed by atoms with Crippen molar-refractivity contribution in [3.05, 3.63) is 38.4 Å². The first kappa shape index (κ1) is 18.2. The van der Waals surface area contributed by atoms with Gasteiger partial charge in [0.05, 0.1) is 27.8 Å². The maximum atomic E-state index is 15.3. The van der Waals surface area contributed by atoms with E-state index >= 15 is 4.39 Å². The number of aromatic nitrogens is 1. The lowest BCUT2D eigenvalue weighted by Crippen LogP contribution is -2.55. The average molecular weight is 395 g/mol. The Labute approximate surface area is 159 Å². The highest BCUT2D eigenvalue weighted by Gasteiger charge is 2.32. The number of carbonyl (C=O) groups is 1. The Bertz CT molecular complexity index is 1020. The molecule has 0 bridgehead atoms. The van der Waals surface area contributed by atoms with Gasteiger partial charge in [0.15, 0.2) is 5.82 Å². The fourth-order valence-electron chi connectivity index (χ4n) is 3.75. The second-order valence-electron chi connectivity index (χ2n) is 7.15. The van der Waals surface area contributed by atoms with Crippen LogP contribution in [0, 0.1) is 12.7 Å². The van der Waals surface area contributed by atoms with Gasteiger partial charge in [-0.2, -0.15) is 0 Å². The van der Waals surface area contributed by atoms with Crippen LogP contribution in [0.3, 0.4) is 0 Å². The Morgan fingerprint density at radius 3 is 2.74 bits per heavy atom. The van der Waals surface area contributed by atoms with Gasteiger partial charge >= 0.3 is 5.97 Å². The first-order valence-corrected chi connectivity index (χ1v) is 9.22. The van der Waals surface area contributed by atoms with Gasteiger partial charge < -0.3 is 20.3 Å². The van der Waals surface area contributed by atoms with Crippen LogP contribution >= 0.6 is 11.6 Å². The summed E-state index contributed by atoms with van der Waals surface area (Å²) < 4.78 is 17.0. The number of hydrogen-bond acceptors (Lipinski definition) is 5. The van der Waals surface area contributed by atoms with Crippen LogP contribution in [-0.2, 0) is 0 Å². The smallest absolute Gasteiger partial charge is 0.341 e. The number of carboxylic acids is 1. The summed E-state index contributed by atoms with van der Waals surface area (Å²) in [7, 11) is 0. The van der Waals surface area contributed by atoms with Crippen LogP contribution in [0.15, 0.2) is 11.0 Å². The number of hydrogen-bond donors (Lipinski definition) is 3. The third-order valence-corrected chi connectivity index (χ3v) is 5.61. The van der Waals surface area contributed by atoms with Crippen molar-refractivity contribution < 1.29 is 14.3 Å². The lowest BCUT2D eigenvalue weighted by atomic mass is 10.0. The molecule has 2 fully saturated rings. The van der Waals surface area contributed by atoms with E-state index in [1.807, 2.05) is 0 Å². The molecule has 4 rings (SSSR count). The van der Waals surface area contributed by atoms with Gasteiger partial charge in [-0.3, -0.25) is 10.1 Å². The minimum atomic E-state index is -1.33. The standard InChI is InChI=1S/C18H20ClFN4O3/c1-8-12-15(24(9-2-3-9)6-10(17(12)25)18(26)27)13(19)16(14(8)20)23-5-4-22-11(21)7-23/h6,9,11,22H,2-5,7,21H2,1H3,(H,26,27). The third kappa shape index (κ3) is 2.88. The van der Waals surface area contributed by atoms with E-state index in [1.54, 1.807) is 9.47 Å². The summed E-state index contributed by atoms with van der Waals surface area (Å²) in [6, 6.07) is 0.0618. The molecule has 2 heterocycles. The molecule has 4 N–H and O–H groups in total. The molecule has 1 saturated heterocycles. The first-order valence-electron chi connectivity index (χ1n) is 8.84. The van der Waals surface area contributed by atoms with E-state index in [2.05, 4.69) is 5.32 Å². The summed E-state index contributed by atoms with van der Waals surface area (Å²) in [6.45, 7) is 2.98. The van der Waals surface area contributed by atoms with Crippen molar-refractivity contribution in [2.75, 3.05) is 24.5 Å². The molecule has 0 spiro atoms. The molecule has 1 atom stereocenters. The van der Waals surface area contributed by atoms with Crippen molar-refractivity contribution in [2.45, 2.75) is 32.0 Å². The Morgan fingerprint density at radius 2 is 2.15 bits per heavy atom. The molecule has 1 unspecified atom stereocenters. The van der Waals surface area contributed by atoms with Gasteiger partial charge in [0.1, 0.15) is 5.56 Å². The highest BCUT2D eigenvalue weighted by Crippen LogP contribution is 2.43. The molecule has 9 heteroatoms. The number of aromatic carboxylic acids is 1. The number of nitrogens with zero attached hydrogens (tertiary/aromatic N) is 2. The van der Waals surface area contributed by atoms with Crippen molar-refractivity contribution >= 4 is 34.2 Å². The van der Waals surface area contributed by atoms with Crippen LogP contribution < -0.4 is 21.4 Å². The molecule has 0 radical (unpaired) electrons. The van der Waals surface area contributed by atoms with Gasteiger partial charge in [-0.15, -0.1) is 0 Å². The van der Waals surface area contributed by atoms with Gasteiger partial charge in [-0.1, -0.05) is 11.6 Å². The molecular weight excluding hydrogens is 375 g/mol. The molecule has 0 amide bonds. The normalized spacial score (nSPS) is 20.3. The van der Waals surface area contributed by atoms with E-state index in [4.69, 9.17) is 17.3 Å². The zero-order valence-electron chi connectivity index (χ0n) is 14.8. The van der Waals surface area contributed by atoms with Gasteiger partial charge in [-0.25, -0.2) is 9.18 Å². The molecule has 144 valence electrons. The maximum Gasteiger partial charge on any atom is 0.341 e. The van der Waals surface area contributed by atoms with Crippen LogP contribution in [0.5, 0.6) is 0 Å². The molecule has 7 nitrogen and oxygen atoms in total. The zero-order valence-corrected chi connectivity index (χ0v) is 15.5. The zero-order chi connectivity index (χ0) is 19.5. The lowest BCUT2D eigenvalue weighted by molar-refractivity contribution is 0.0695. The molecule has 1 aliphatic carbocycles. The number of carboxylic acid groups (broad SMARTS) is 1. The van der Waals surface area contributed by atoms with Crippen molar-refractivity contribution in [1.29, 1.82) is 0 Å².